The summed E-state index contributed by atoms with van der Waals surface area (Å²) in [7, 11) is 2.08. The molecule has 18 heavy (non-hydrogen) atoms. The SMILES string of the molecule is CN(CC1(CO)CCC1)c1coc2ccccc12. The number of anilines is 1. The molecule has 1 aromatic carbocycles. The second-order valence-corrected chi connectivity index (χ2v) is 5.48. The van der Waals surface area contributed by atoms with Gasteiger partial charge in [-0.1, -0.05) is 18.6 Å². The lowest BCUT2D eigenvalue weighted by Gasteiger charge is -2.43. The number of fused-ring (bicyclic) bond motifs is 1. The standard InChI is InChI=1S/C15H19NO2/c1-16(10-15(11-17)7-4-8-15)13-9-18-14-6-3-2-5-12(13)14/h2-3,5-6,9,17H,4,7-8,10-11H2,1H3. The largest absolute Gasteiger partial charge is 0.462 e. The third-order valence-electron chi connectivity index (χ3n) is 4.19. The summed E-state index contributed by atoms with van der Waals surface area (Å²) >= 11 is 0. The Balaban J connectivity index is 1.85. The van der Waals surface area contributed by atoms with Crippen molar-refractivity contribution in [3.8, 4) is 0 Å². The smallest absolute Gasteiger partial charge is 0.136 e. The van der Waals surface area contributed by atoms with E-state index >= 15 is 0 Å². The predicted octanol–water partition coefficient (Wildman–Crippen LogP) is 3.03. The molecule has 1 N–H and O–H groups in total. The van der Waals surface area contributed by atoms with E-state index < -0.39 is 0 Å². The normalized spacial score (nSPS) is 17.7. The fourth-order valence-electron chi connectivity index (χ4n) is 2.89. The van der Waals surface area contributed by atoms with Gasteiger partial charge in [0.2, 0.25) is 0 Å². The van der Waals surface area contributed by atoms with Gasteiger partial charge >= 0.3 is 0 Å². The van der Waals surface area contributed by atoms with Crippen LogP contribution in [-0.4, -0.2) is 25.3 Å². The van der Waals surface area contributed by atoms with Crippen molar-refractivity contribution in [1.82, 2.24) is 0 Å². The highest BCUT2D eigenvalue weighted by molar-refractivity contribution is 5.90. The number of aliphatic hydroxyl groups excluding tert-OH is 1. The Kier molecular flexibility index (Phi) is 2.78. The molecule has 3 nitrogen and oxygen atoms in total. The summed E-state index contributed by atoms with van der Waals surface area (Å²) in [6, 6.07) is 8.08. The van der Waals surface area contributed by atoms with Crippen LogP contribution in [0.1, 0.15) is 19.3 Å². The van der Waals surface area contributed by atoms with E-state index in [1.54, 1.807) is 0 Å². The van der Waals surface area contributed by atoms with Crippen molar-refractivity contribution in [2.75, 3.05) is 25.1 Å². The van der Waals surface area contributed by atoms with Crippen LogP contribution in [0.5, 0.6) is 0 Å². The lowest BCUT2D eigenvalue weighted by Crippen LogP contribution is -2.43. The summed E-state index contributed by atoms with van der Waals surface area (Å²) in [6.45, 7) is 1.18. The van der Waals surface area contributed by atoms with Gasteiger partial charge in [0.25, 0.3) is 0 Å². The van der Waals surface area contributed by atoms with Crippen molar-refractivity contribution in [2.24, 2.45) is 5.41 Å². The summed E-state index contributed by atoms with van der Waals surface area (Å²) in [4.78, 5) is 2.21. The highest BCUT2D eigenvalue weighted by Crippen LogP contribution is 2.42. The molecule has 96 valence electrons. The Hall–Kier alpha value is -1.48. The molecule has 0 radical (unpaired) electrons. The Morgan fingerprint density at radius 3 is 2.78 bits per heavy atom. The molecule has 3 heteroatoms. The molecule has 1 aliphatic carbocycles. The van der Waals surface area contributed by atoms with E-state index in [0.29, 0.717) is 0 Å². The molecule has 0 bridgehead atoms. The van der Waals surface area contributed by atoms with E-state index in [4.69, 9.17) is 4.42 Å². The molecule has 1 aromatic heterocycles. The van der Waals surface area contributed by atoms with E-state index in [1.165, 1.54) is 6.42 Å². The maximum Gasteiger partial charge on any atom is 0.136 e. The first-order valence-corrected chi connectivity index (χ1v) is 6.52. The minimum Gasteiger partial charge on any atom is -0.462 e. The second kappa shape index (κ2) is 4.32. The van der Waals surface area contributed by atoms with Gasteiger partial charge in [-0.25, -0.2) is 0 Å². The summed E-state index contributed by atoms with van der Waals surface area (Å²) in [5.41, 5.74) is 2.14. The molecular formula is C15H19NO2. The molecule has 1 aliphatic rings. The second-order valence-electron chi connectivity index (χ2n) is 5.48. The van der Waals surface area contributed by atoms with Crippen LogP contribution in [0.2, 0.25) is 0 Å². The van der Waals surface area contributed by atoms with Gasteiger partial charge in [0.1, 0.15) is 11.8 Å². The third-order valence-corrected chi connectivity index (χ3v) is 4.19. The number of nitrogens with zero attached hydrogens (tertiary/aromatic N) is 1. The lowest BCUT2D eigenvalue weighted by molar-refractivity contribution is 0.0524. The van der Waals surface area contributed by atoms with Gasteiger partial charge < -0.3 is 14.4 Å². The summed E-state index contributed by atoms with van der Waals surface area (Å²) in [5.74, 6) is 0. The molecule has 0 aliphatic heterocycles. The van der Waals surface area contributed by atoms with E-state index in [1.807, 2.05) is 24.5 Å². The van der Waals surface area contributed by atoms with Crippen LogP contribution >= 0.6 is 0 Å². The molecule has 2 aromatic rings. The van der Waals surface area contributed by atoms with E-state index in [2.05, 4.69) is 18.0 Å². The topological polar surface area (TPSA) is 36.6 Å². The molecule has 0 amide bonds. The Morgan fingerprint density at radius 2 is 2.11 bits per heavy atom. The van der Waals surface area contributed by atoms with Gasteiger partial charge in [0, 0.05) is 24.4 Å². The average Bonchev–Trinajstić information content (AvgIpc) is 2.77. The van der Waals surface area contributed by atoms with Crippen molar-refractivity contribution in [1.29, 1.82) is 0 Å². The van der Waals surface area contributed by atoms with Crippen LogP contribution < -0.4 is 4.90 Å². The van der Waals surface area contributed by atoms with Gasteiger partial charge in [-0.15, -0.1) is 0 Å². The minimum atomic E-state index is 0.104. The van der Waals surface area contributed by atoms with Crippen molar-refractivity contribution >= 4 is 16.7 Å². The van der Waals surface area contributed by atoms with Crippen molar-refractivity contribution in [2.45, 2.75) is 19.3 Å². The number of rotatable bonds is 4. The van der Waals surface area contributed by atoms with Gasteiger partial charge in [0.15, 0.2) is 0 Å². The maximum atomic E-state index is 9.55. The summed E-state index contributed by atoms with van der Waals surface area (Å²) < 4.78 is 5.57. The molecule has 0 saturated heterocycles. The van der Waals surface area contributed by atoms with Gasteiger partial charge in [0.05, 0.1) is 12.3 Å². The first-order valence-electron chi connectivity index (χ1n) is 6.52. The van der Waals surface area contributed by atoms with Crippen LogP contribution in [0.4, 0.5) is 5.69 Å². The Bertz CT molecular complexity index is 537. The molecule has 1 fully saturated rings. The first-order chi connectivity index (χ1) is 8.74. The average molecular weight is 245 g/mol. The quantitative estimate of drug-likeness (QED) is 0.899. The maximum absolute atomic E-state index is 9.55. The van der Waals surface area contributed by atoms with E-state index in [9.17, 15) is 5.11 Å². The number of hydrogen-bond donors (Lipinski definition) is 1. The highest BCUT2D eigenvalue weighted by atomic mass is 16.3. The van der Waals surface area contributed by atoms with Crippen molar-refractivity contribution < 1.29 is 9.52 Å². The van der Waals surface area contributed by atoms with Gasteiger partial charge in [-0.2, -0.15) is 0 Å². The van der Waals surface area contributed by atoms with E-state index in [0.717, 1.165) is 36.0 Å². The molecular weight excluding hydrogens is 226 g/mol. The van der Waals surface area contributed by atoms with Gasteiger partial charge in [-0.3, -0.25) is 0 Å². The fraction of sp³-hybridized carbons (Fsp3) is 0.467. The van der Waals surface area contributed by atoms with Crippen molar-refractivity contribution in [3.05, 3.63) is 30.5 Å². The number of aliphatic hydroxyl groups is 1. The molecule has 1 heterocycles. The molecule has 0 spiro atoms. The van der Waals surface area contributed by atoms with Crippen LogP contribution in [0.15, 0.2) is 34.9 Å². The molecule has 0 atom stereocenters. The monoisotopic (exact) mass is 245 g/mol. The van der Waals surface area contributed by atoms with Crippen LogP contribution in [0.25, 0.3) is 11.0 Å². The molecule has 0 unspecified atom stereocenters. The predicted molar refractivity (Wildman–Crippen MR) is 72.9 cm³/mol. The van der Waals surface area contributed by atoms with Crippen LogP contribution in [-0.2, 0) is 0 Å². The number of benzene rings is 1. The lowest BCUT2D eigenvalue weighted by atomic mass is 9.69. The molecule has 3 rings (SSSR count). The zero-order valence-electron chi connectivity index (χ0n) is 10.7. The van der Waals surface area contributed by atoms with Crippen LogP contribution in [0, 0.1) is 5.41 Å². The Labute approximate surface area is 107 Å². The third kappa shape index (κ3) is 1.79. The number of para-hydroxylation sites is 1. The number of hydrogen-bond acceptors (Lipinski definition) is 3. The first kappa shape index (κ1) is 11.6. The summed E-state index contributed by atoms with van der Waals surface area (Å²) in [5, 5.41) is 10.7. The van der Waals surface area contributed by atoms with Gasteiger partial charge in [-0.05, 0) is 25.0 Å². The van der Waals surface area contributed by atoms with Crippen molar-refractivity contribution in [3.63, 3.8) is 0 Å². The highest BCUT2D eigenvalue weighted by Gasteiger charge is 2.37. The zero-order valence-corrected chi connectivity index (χ0v) is 10.7. The van der Waals surface area contributed by atoms with E-state index in [-0.39, 0.29) is 12.0 Å². The van der Waals surface area contributed by atoms with Crippen LogP contribution in [0.3, 0.4) is 0 Å². The number of furan rings is 1. The fourth-order valence-corrected chi connectivity index (χ4v) is 2.89. The summed E-state index contributed by atoms with van der Waals surface area (Å²) in [6.07, 6.45) is 5.31. The zero-order chi connectivity index (χ0) is 12.6. The minimum absolute atomic E-state index is 0.104. The molecule has 1 saturated carbocycles. The Morgan fingerprint density at radius 1 is 1.33 bits per heavy atom.